The monoisotopic (exact) mass is 223 g/mol. The van der Waals surface area contributed by atoms with Crippen LogP contribution in [0, 0.1) is 12.8 Å². The summed E-state index contributed by atoms with van der Waals surface area (Å²) >= 11 is 0. The van der Waals surface area contributed by atoms with E-state index in [4.69, 9.17) is 4.74 Å². The van der Waals surface area contributed by atoms with Gasteiger partial charge in [0.25, 0.3) is 5.56 Å². The van der Waals surface area contributed by atoms with E-state index < -0.39 is 0 Å². The molecule has 0 radical (unpaired) electrons. The summed E-state index contributed by atoms with van der Waals surface area (Å²) in [5.41, 5.74) is -0.159. The van der Waals surface area contributed by atoms with E-state index in [2.05, 4.69) is 15.3 Å². The van der Waals surface area contributed by atoms with Crippen molar-refractivity contribution < 1.29 is 4.74 Å². The van der Waals surface area contributed by atoms with E-state index in [0.29, 0.717) is 17.6 Å². The highest BCUT2D eigenvalue weighted by molar-refractivity contribution is 5.09. The molecule has 2 N–H and O–H groups in total. The minimum atomic E-state index is -0.159. The second-order valence-electron chi connectivity index (χ2n) is 4.30. The van der Waals surface area contributed by atoms with Crippen LogP contribution >= 0.6 is 0 Å². The van der Waals surface area contributed by atoms with Crippen LogP contribution in [-0.4, -0.2) is 29.7 Å². The molecule has 1 aromatic rings. The average molecular weight is 223 g/mol. The Hall–Kier alpha value is -1.36. The van der Waals surface area contributed by atoms with Gasteiger partial charge < -0.3 is 15.0 Å². The van der Waals surface area contributed by atoms with Gasteiger partial charge in [0.15, 0.2) is 0 Å². The molecular formula is C11H17N3O2. The summed E-state index contributed by atoms with van der Waals surface area (Å²) < 4.78 is 5.63. The summed E-state index contributed by atoms with van der Waals surface area (Å²) in [6.07, 6.45) is 2.29. The van der Waals surface area contributed by atoms with Crippen molar-refractivity contribution >= 4 is 0 Å². The molecule has 5 nitrogen and oxygen atoms in total. The molecule has 1 fully saturated rings. The molecule has 1 aromatic heterocycles. The first-order valence-electron chi connectivity index (χ1n) is 5.56. The van der Waals surface area contributed by atoms with Crippen LogP contribution in [0.4, 0.5) is 0 Å². The summed E-state index contributed by atoms with van der Waals surface area (Å²) in [5.74, 6) is 1.72. The average Bonchev–Trinajstić information content (AvgIpc) is 2.13. The number of H-pyrrole nitrogens is 1. The van der Waals surface area contributed by atoms with Crippen LogP contribution in [0.15, 0.2) is 10.9 Å². The quantitative estimate of drug-likeness (QED) is 0.778. The molecule has 2 rings (SSSR count). The molecule has 0 saturated heterocycles. The Morgan fingerprint density at radius 1 is 1.62 bits per heavy atom. The van der Waals surface area contributed by atoms with Crippen LogP contribution < -0.4 is 15.6 Å². The lowest BCUT2D eigenvalue weighted by Gasteiger charge is -2.34. The number of ether oxygens (including phenoxy) is 1. The Morgan fingerprint density at radius 3 is 3.00 bits per heavy atom. The number of nitrogens with one attached hydrogen (secondary N) is 2. The van der Waals surface area contributed by atoms with Gasteiger partial charge in [-0.15, -0.1) is 0 Å². The third kappa shape index (κ3) is 2.61. The molecule has 0 bridgehead atoms. The van der Waals surface area contributed by atoms with Crippen molar-refractivity contribution in [1.29, 1.82) is 0 Å². The lowest BCUT2D eigenvalue weighted by atomic mass is 9.82. The Bertz CT molecular complexity index is 410. The molecule has 1 aliphatic rings. The van der Waals surface area contributed by atoms with Crippen LogP contribution in [0.5, 0.6) is 5.88 Å². The van der Waals surface area contributed by atoms with Gasteiger partial charge in [0.2, 0.25) is 5.88 Å². The van der Waals surface area contributed by atoms with Gasteiger partial charge in [-0.05, 0) is 39.3 Å². The van der Waals surface area contributed by atoms with Gasteiger partial charge in [0.1, 0.15) is 11.9 Å². The van der Waals surface area contributed by atoms with E-state index in [-0.39, 0.29) is 11.7 Å². The summed E-state index contributed by atoms with van der Waals surface area (Å²) in [6.45, 7) is 2.78. The van der Waals surface area contributed by atoms with E-state index >= 15 is 0 Å². The fraction of sp³-hybridized carbons (Fsp3) is 0.636. The number of aromatic amines is 1. The first-order valence-corrected chi connectivity index (χ1v) is 5.56. The second kappa shape index (κ2) is 4.65. The molecule has 1 aliphatic carbocycles. The minimum Gasteiger partial charge on any atom is -0.474 e. The fourth-order valence-electron chi connectivity index (χ4n) is 2.01. The van der Waals surface area contributed by atoms with Crippen LogP contribution in [-0.2, 0) is 0 Å². The Kier molecular flexibility index (Phi) is 3.24. The maximum absolute atomic E-state index is 11.2. The summed E-state index contributed by atoms with van der Waals surface area (Å²) in [7, 11) is 1.95. The topological polar surface area (TPSA) is 67.0 Å². The zero-order chi connectivity index (χ0) is 11.5. The zero-order valence-electron chi connectivity index (χ0n) is 9.62. The van der Waals surface area contributed by atoms with Gasteiger partial charge in [-0.2, -0.15) is 0 Å². The first-order chi connectivity index (χ1) is 7.67. The molecule has 0 spiro atoms. The number of nitrogens with zero attached hydrogens (tertiary/aromatic N) is 1. The third-order valence-electron chi connectivity index (χ3n) is 2.81. The Labute approximate surface area is 94.2 Å². The number of aromatic nitrogens is 2. The third-order valence-corrected chi connectivity index (χ3v) is 2.81. The van der Waals surface area contributed by atoms with E-state index in [9.17, 15) is 4.79 Å². The van der Waals surface area contributed by atoms with Crippen LogP contribution in [0.2, 0.25) is 0 Å². The minimum absolute atomic E-state index is 0.159. The molecule has 88 valence electrons. The smallest absolute Gasteiger partial charge is 0.254 e. The maximum atomic E-state index is 11.2. The number of aryl methyl sites for hydroxylation is 1. The molecule has 0 aromatic carbocycles. The fourth-order valence-corrected chi connectivity index (χ4v) is 2.01. The van der Waals surface area contributed by atoms with Gasteiger partial charge >= 0.3 is 0 Å². The van der Waals surface area contributed by atoms with Crippen molar-refractivity contribution in [2.75, 3.05) is 13.6 Å². The van der Waals surface area contributed by atoms with Gasteiger partial charge in [0.05, 0.1) is 6.07 Å². The lowest BCUT2D eigenvalue weighted by Crippen LogP contribution is -2.39. The van der Waals surface area contributed by atoms with Gasteiger partial charge in [0, 0.05) is 0 Å². The van der Waals surface area contributed by atoms with Crippen LogP contribution in [0.25, 0.3) is 0 Å². The van der Waals surface area contributed by atoms with Crippen molar-refractivity contribution in [3.8, 4) is 5.88 Å². The van der Waals surface area contributed by atoms with Gasteiger partial charge in [-0.1, -0.05) is 0 Å². The predicted octanol–water partition coefficient (Wildman–Crippen LogP) is 0.455. The van der Waals surface area contributed by atoms with E-state index in [1.54, 1.807) is 6.92 Å². The van der Waals surface area contributed by atoms with Crippen LogP contribution in [0.1, 0.15) is 18.7 Å². The normalized spacial score (nSPS) is 23.9. The van der Waals surface area contributed by atoms with Crippen molar-refractivity contribution in [2.45, 2.75) is 25.9 Å². The van der Waals surface area contributed by atoms with Gasteiger partial charge in [-0.3, -0.25) is 4.79 Å². The van der Waals surface area contributed by atoms with Crippen molar-refractivity contribution in [1.82, 2.24) is 15.3 Å². The highest BCUT2D eigenvalue weighted by Gasteiger charge is 2.30. The van der Waals surface area contributed by atoms with E-state index in [1.165, 1.54) is 6.07 Å². The molecular weight excluding hydrogens is 206 g/mol. The Morgan fingerprint density at radius 2 is 2.38 bits per heavy atom. The molecule has 0 aliphatic heterocycles. The van der Waals surface area contributed by atoms with Crippen molar-refractivity contribution in [3.63, 3.8) is 0 Å². The summed E-state index contributed by atoms with van der Waals surface area (Å²) in [5, 5.41) is 3.15. The largest absolute Gasteiger partial charge is 0.474 e. The summed E-state index contributed by atoms with van der Waals surface area (Å²) in [4.78, 5) is 17.9. The Balaban J connectivity index is 1.89. The highest BCUT2D eigenvalue weighted by Crippen LogP contribution is 2.29. The molecule has 16 heavy (non-hydrogen) atoms. The molecule has 0 amide bonds. The van der Waals surface area contributed by atoms with Crippen molar-refractivity contribution in [2.24, 2.45) is 5.92 Å². The number of hydrogen-bond donors (Lipinski definition) is 2. The second-order valence-corrected chi connectivity index (χ2v) is 4.30. The molecule has 1 heterocycles. The molecule has 0 unspecified atom stereocenters. The highest BCUT2D eigenvalue weighted by atomic mass is 16.5. The van der Waals surface area contributed by atoms with E-state index in [0.717, 1.165) is 19.4 Å². The molecule has 5 heteroatoms. The predicted molar refractivity (Wildman–Crippen MR) is 60.7 cm³/mol. The molecule has 1 saturated carbocycles. The molecule has 0 atom stereocenters. The van der Waals surface area contributed by atoms with Crippen LogP contribution in [0.3, 0.4) is 0 Å². The lowest BCUT2D eigenvalue weighted by molar-refractivity contribution is 0.0613. The number of rotatable bonds is 4. The van der Waals surface area contributed by atoms with Gasteiger partial charge in [-0.25, -0.2) is 4.98 Å². The van der Waals surface area contributed by atoms with Crippen molar-refractivity contribution in [3.05, 3.63) is 22.2 Å². The summed E-state index contributed by atoms with van der Waals surface area (Å²) in [6, 6.07) is 1.40. The zero-order valence-corrected chi connectivity index (χ0v) is 9.62. The SMILES string of the molecule is CNCC1CC(Oc2cc(=O)[nH]c(C)n2)C1. The number of hydrogen-bond acceptors (Lipinski definition) is 4. The standard InChI is InChI=1S/C11H17N3O2/c1-7-13-10(15)5-11(14-7)16-9-3-8(4-9)6-12-2/h5,8-9,12H,3-4,6H2,1-2H3,(H,13,14,15). The van der Waals surface area contributed by atoms with E-state index in [1.807, 2.05) is 7.05 Å². The maximum Gasteiger partial charge on any atom is 0.254 e. The first kappa shape index (κ1) is 11.1.